The lowest BCUT2D eigenvalue weighted by atomic mass is 9.96. The number of imide groups is 1. The second kappa shape index (κ2) is 9.99. The van der Waals surface area contributed by atoms with Gasteiger partial charge in [0, 0.05) is 24.2 Å². The van der Waals surface area contributed by atoms with E-state index in [1.807, 2.05) is 19.1 Å². The Morgan fingerprint density at radius 2 is 1.79 bits per heavy atom. The first-order valence-corrected chi connectivity index (χ1v) is 11.5. The van der Waals surface area contributed by atoms with Crippen LogP contribution in [0.1, 0.15) is 54.4 Å². The smallest absolute Gasteiger partial charge is 0.269 e. The minimum Gasteiger partial charge on any atom is -0.326 e. The minimum atomic E-state index is -0.916. The zero-order chi connectivity index (χ0) is 24.2. The second-order valence-electron chi connectivity index (χ2n) is 8.78. The van der Waals surface area contributed by atoms with Crippen LogP contribution in [0, 0.1) is 17.0 Å². The number of carbonyl (C=O) groups excluding carboxylic acids is 3. The number of benzene rings is 2. The molecule has 1 atom stereocenters. The molecule has 8 heteroatoms. The number of amides is 3. The van der Waals surface area contributed by atoms with Gasteiger partial charge in [-0.2, -0.15) is 0 Å². The number of non-ortho nitro benzene ring substituents is 1. The topological polar surface area (TPSA) is 101 Å². The van der Waals surface area contributed by atoms with Crippen molar-refractivity contribution < 1.29 is 19.3 Å². The molecule has 176 valence electrons. The molecule has 0 saturated carbocycles. The van der Waals surface area contributed by atoms with E-state index in [0.29, 0.717) is 18.7 Å². The minimum absolute atomic E-state index is 0.0928. The summed E-state index contributed by atoms with van der Waals surface area (Å²) in [4.78, 5) is 52.8. The number of nitro groups is 1. The molecule has 4 rings (SSSR count). The van der Waals surface area contributed by atoms with E-state index in [1.54, 1.807) is 12.1 Å². The lowest BCUT2D eigenvalue weighted by Crippen LogP contribution is -2.46. The number of rotatable bonds is 7. The molecule has 2 aromatic carbocycles. The summed E-state index contributed by atoms with van der Waals surface area (Å²) >= 11 is 0. The summed E-state index contributed by atoms with van der Waals surface area (Å²) in [6, 6.07) is 11.5. The van der Waals surface area contributed by atoms with Gasteiger partial charge in [-0.1, -0.05) is 29.3 Å². The number of nitro benzene ring substituents is 1. The van der Waals surface area contributed by atoms with Crippen molar-refractivity contribution in [2.75, 3.05) is 11.4 Å². The molecule has 34 heavy (non-hydrogen) atoms. The highest BCUT2D eigenvalue weighted by Crippen LogP contribution is 2.29. The molecule has 1 aliphatic heterocycles. The number of carbonyl (C=O) groups is 3. The molecule has 1 unspecified atom stereocenters. The summed E-state index contributed by atoms with van der Waals surface area (Å²) in [7, 11) is 0. The first kappa shape index (κ1) is 23.4. The molecule has 1 saturated heterocycles. The van der Waals surface area contributed by atoms with E-state index < -0.39 is 22.8 Å². The van der Waals surface area contributed by atoms with E-state index in [2.05, 4.69) is 6.08 Å². The van der Waals surface area contributed by atoms with Crippen LogP contribution in [0.3, 0.4) is 0 Å². The molecule has 1 fully saturated rings. The second-order valence-corrected chi connectivity index (χ2v) is 8.78. The van der Waals surface area contributed by atoms with E-state index >= 15 is 0 Å². The van der Waals surface area contributed by atoms with Crippen molar-refractivity contribution in [2.24, 2.45) is 0 Å². The molecule has 0 N–H and O–H groups in total. The number of hydrogen-bond donors (Lipinski definition) is 0. The molecule has 1 aliphatic carbocycles. The average molecular weight is 462 g/mol. The van der Waals surface area contributed by atoms with Gasteiger partial charge in [0.05, 0.1) is 17.0 Å². The fourth-order valence-electron chi connectivity index (χ4n) is 4.51. The Kier molecular flexibility index (Phi) is 6.86. The summed E-state index contributed by atoms with van der Waals surface area (Å²) in [6.07, 6.45) is 6.95. The molecular formula is C26H27N3O5. The predicted molar refractivity (Wildman–Crippen MR) is 127 cm³/mol. The third-order valence-corrected chi connectivity index (χ3v) is 6.44. The third-order valence-electron chi connectivity index (χ3n) is 6.44. The van der Waals surface area contributed by atoms with Crippen LogP contribution in [0.5, 0.6) is 0 Å². The normalized spacial score (nSPS) is 18.1. The number of hydrogen-bond acceptors (Lipinski definition) is 5. The zero-order valence-electron chi connectivity index (χ0n) is 19.1. The van der Waals surface area contributed by atoms with Crippen LogP contribution in [-0.2, 0) is 9.59 Å². The van der Waals surface area contributed by atoms with Gasteiger partial charge in [0.15, 0.2) is 0 Å². The van der Waals surface area contributed by atoms with Gasteiger partial charge in [-0.05, 0) is 63.3 Å². The lowest BCUT2D eigenvalue weighted by molar-refractivity contribution is -0.384. The Hall–Kier alpha value is -3.81. The van der Waals surface area contributed by atoms with Crippen molar-refractivity contribution in [3.63, 3.8) is 0 Å². The van der Waals surface area contributed by atoms with Crippen LogP contribution in [0.25, 0.3) is 0 Å². The van der Waals surface area contributed by atoms with Crippen molar-refractivity contribution in [1.29, 1.82) is 0 Å². The van der Waals surface area contributed by atoms with Gasteiger partial charge in [-0.15, -0.1) is 0 Å². The molecule has 8 nitrogen and oxygen atoms in total. The summed E-state index contributed by atoms with van der Waals surface area (Å²) in [5.41, 5.74) is 2.88. The Bertz CT molecular complexity index is 1140. The maximum absolute atomic E-state index is 13.5. The SMILES string of the molecule is Cc1ccc(N2C(=O)CC(N(CCC3=CCCCC3)C(=O)c3ccc([N+](=O)[O-])cc3)C2=O)cc1. The fourth-order valence-corrected chi connectivity index (χ4v) is 4.51. The highest BCUT2D eigenvalue weighted by Gasteiger charge is 2.44. The summed E-state index contributed by atoms with van der Waals surface area (Å²) < 4.78 is 0. The van der Waals surface area contributed by atoms with Gasteiger partial charge >= 0.3 is 0 Å². The quantitative estimate of drug-likeness (QED) is 0.260. The molecule has 2 aliphatic rings. The largest absolute Gasteiger partial charge is 0.326 e. The van der Waals surface area contributed by atoms with Gasteiger partial charge in [0.1, 0.15) is 6.04 Å². The number of nitrogens with zero attached hydrogens (tertiary/aromatic N) is 3. The van der Waals surface area contributed by atoms with Crippen LogP contribution in [-0.4, -0.2) is 40.1 Å². The van der Waals surface area contributed by atoms with E-state index in [4.69, 9.17) is 0 Å². The Morgan fingerprint density at radius 1 is 1.09 bits per heavy atom. The highest BCUT2D eigenvalue weighted by atomic mass is 16.6. The van der Waals surface area contributed by atoms with Crippen molar-refractivity contribution in [1.82, 2.24) is 4.90 Å². The Morgan fingerprint density at radius 3 is 2.41 bits per heavy atom. The molecular weight excluding hydrogens is 434 g/mol. The Balaban J connectivity index is 1.61. The first-order valence-electron chi connectivity index (χ1n) is 11.5. The summed E-state index contributed by atoms with van der Waals surface area (Å²) in [5.74, 6) is -1.19. The summed E-state index contributed by atoms with van der Waals surface area (Å²) in [6.45, 7) is 2.22. The van der Waals surface area contributed by atoms with E-state index in [9.17, 15) is 24.5 Å². The first-order chi connectivity index (χ1) is 16.3. The number of allylic oxidation sites excluding steroid dienone is 1. The molecule has 2 aromatic rings. The third kappa shape index (κ3) is 4.90. The van der Waals surface area contributed by atoms with Crippen LogP contribution in [0.15, 0.2) is 60.2 Å². The van der Waals surface area contributed by atoms with Gasteiger partial charge in [-0.25, -0.2) is 4.90 Å². The lowest BCUT2D eigenvalue weighted by Gasteiger charge is -2.28. The standard InChI is InChI=1S/C26H27N3O5/c1-18-7-11-21(12-8-18)28-24(30)17-23(26(28)32)27(16-15-19-5-3-2-4-6-19)25(31)20-9-13-22(14-10-20)29(33)34/h5,7-14,23H,2-4,6,15-17H2,1H3. The zero-order valence-corrected chi connectivity index (χ0v) is 19.1. The molecule has 0 bridgehead atoms. The van der Waals surface area contributed by atoms with Gasteiger partial charge < -0.3 is 4.90 Å². The van der Waals surface area contributed by atoms with E-state index in [-0.39, 0.29) is 23.6 Å². The molecule has 3 amide bonds. The molecule has 0 aromatic heterocycles. The summed E-state index contributed by atoms with van der Waals surface area (Å²) in [5, 5.41) is 11.0. The van der Waals surface area contributed by atoms with Crippen molar-refractivity contribution in [2.45, 2.75) is 51.5 Å². The molecule has 0 radical (unpaired) electrons. The van der Waals surface area contributed by atoms with Crippen LogP contribution in [0.2, 0.25) is 0 Å². The molecule has 0 spiro atoms. The number of aryl methyl sites for hydroxylation is 1. The fraction of sp³-hybridized carbons (Fsp3) is 0.346. The van der Waals surface area contributed by atoms with E-state index in [1.165, 1.54) is 34.7 Å². The van der Waals surface area contributed by atoms with Crippen LogP contribution >= 0.6 is 0 Å². The number of anilines is 1. The Labute approximate surface area is 198 Å². The van der Waals surface area contributed by atoms with Crippen LogP contribution < -0.4 is 4.90 Å². The highest BCUT2D eigenvalue weighted by molar-refractivity contribution is 6.23. The van der Waals surface area contributed by atoms with Crippen molar-refractivity contribution in [3.05, 3.63) is 81.4 Å². The maximum atomic E-state index is 13.5. The van der Waals surface area contributed by atoms with Gasteiger partial charge in [-0.3, -0.25) is 24.5 Å². The van der Waals surface area contributed by atoms with Crippen LogP contribution in [0.4, 0.5) is 11.4 Å². The monoisotopic (exact) mass is 461 g/mol. The molecule has 1 heterocycles. The average Bonchev–Trinajstić information content (AvgIpc) is 3.14. The maximum Gasteiger partial charge on any atom is 0.269 e. The van der Waals surface area contributed by atoms with Gasteiger partial charge in [0.25, 0.3) is 17.5 Å². The van der Waals surface area contributed by atoms with E-state index in [0.717, 1.165) is 36.1 Å². The van der Waals surface area contributed by atoms with Crippen molar-refractivity contribution in [3.8, 4) is 0 Å². The predicted octanol–water partition coefficient (Wildman–Crippen LogP) is 4.57. The van der Waals surface area contributed by atoms with Gasteiger partial charge in [0.2, 0.25) is 5.91 Å². The van der Waals surface area contributed by atoms with Crippen molar-refractivity contribution >= 4 is 29.1 Å².